The monoisotopic (exact) mass is 300 g/mol. The van der Waals surface area contributed by atoms with Crippen LogP contribution in [0.25, 0.3) is 11.5 Å². The molecule has 0 unspecified atom stereocenters. The van der Waals surface area contributed by atoms with Gasteiger partial charge >= 0.3 is 11.8 Å². The predicted molar refractivity (Wildman–Crippen MR) is 75.5 cm³/mol. The summed E-state index contributed by atoms with van der Waals surface area (Å²) in [6.07, 6.45) is 0. The smallest absolute Gasteiger partial charge is 0.314 e. The van der Waals surface area contributed by atoms with Crippen LogP contribution in [0.15, 0.2) is 39.3 Å². The third kappa shape index (κ3) is 2.80. The zero-order valence-corrected chi connectivity index (χ0v) is 11.9. The summed E-state index contributed by atoms with van der Waals surface area (Å²) in [6, 6.07) is 8.62. The minimum atomic E-state index is -0.555. The van der Waals surface area contributed by atoms with Crippen molar-refractivity contribution in [1.82, 2.24) is 15.4 Å². The van der Waals surface area contributed by atoms with Crippen LogP contribution >= 0.6 is 0 Å². The summed E-state index contributed by atoms with van der Waals surface area (Å²) in [5.41, 5.74) is 0.685. The number of nitrogens with one attached hydrogen (secondary N) is 1. The lowest BCUT2D eigenvalue weighted by atomic mass is 10.2. The number of rotatable bonds is 4. The fourth-order valence-corrected chi connectivity index (χ4v) is 1.76. The minimum absolute atomic E-state index is 0.161. The van der Waals surface area contributed by atoms with Gasteiger partial charge in [0, 0.05) is 11.6 Å². The summed E-state index contributed by atoms with van der Waals surface area (Å²) < 4.78 is 15.3. The molecule has 0 bridgehead atoms. The fourth-order valence-electron chi connectivity index (χ4n) is 1.76. The zero-order chi connectivity index (χ0) is 15.5. The molecule has 0 aliphatic rings. The molecule has 2 heterocycles. The van der Waals surface area contributed by atoms with Gasteiger partial charge in [-0.1, -0.05) is 5.16 Å². The van der Waals surface area contributed by atoms with Gasteiger partial charge in [-0.3, -0.25) is 10.1 Å². The second-order valence-corrected chi connectivity index (χ2v) is 4.42. The predicted octanol–water partition coefficient (Wildman–Crippen LogP) is 2.29. The topological polar surface area (TPSA) is 103 Å². The van der Waals surface area contributed by atoms with Crippen LogP contribution in [0, 0.1) is 6.92 Å². The van der Waals surface area contributed by atoms with E-state index in [-0.39, 0.29) is 17.6 Å². The molecule has 22 heavy (non-hydrogen) atoms. The Balaban J connectivity index is 1.76. The number of carbonyl (C=O) groups excluding carboxylic acids is 1. The van der Waals surface area contributed by atoms with Crippen molar-refractivity contribution in [3.05, 3.63) is 42.0 Å². The first kappa shape index (κ1) is 13.8. The third-order valence-corrected chi connectivity index (χ3v) is 2.83. The van der Waals surface area contributed by atoms with E-state index in [1.54, 1.807) is 44.4 Å². The summed E-state index contributed by atoms with van der Waals surface area (Å²) >= 11 is 0. The maximum atomic E-state index is 12.0. The molecule has 0 fully saturated rings. The highest BCUT2D eigenvalue weighted by molar-refractivity contribution is 6.00. The highest BCUT2D eigenvalue weighted by Crippen LogP contribution is 2.21. The zero-order valence-electron chi connectivity index (χ0n) is 11.9. The fraction of sp³-hybridized carbons (Fsp3) is 0.143. The Labute approximate surface area is 125 Å². The van der Waals surface area contributed by atoms with E-state index < -0.39 is 5.91 Å². The Bertz CT molecular complexity index is 791. The van der Waals surface area contributed by atoms with E-state index in [9.17, 15) is 4.79 Å². The quantitative estimate of drug-likeness (QED) is 0.788. The van der Waals surface area contributed by atoms with Crippen molar-refractivity contribution in [3.8, 4) is 17.2 Å². The largest absolute Gasteiger partial charge is 0.497 e. The second-order valence-electron chi connectivity index (χ2n) is 4.42. The van der Waals surface area contributed by atoms with Gasteiger partial charge in [0.2, 0.25) is 5.89 Å². The summed E-state index contributed by atoms with van der Waals surface area (Å²) in [4.78, 5) is 12.0. The van der Waals surface area contributed by atoms with Crippen LogP contribution in [0.4, 0.5) is 5.82 Å². The number of ether oxygens (including phenoxy) is 1. The van der Waals surface area contributed by atoms with Crippen LogP contribution in [0.2, 0.25) is 0 Å². The number of carbonyl (C=O) groups is 1. The highest BCUT2D eigenvalue weighted by atomic mass is 16.5. The van der Waals surface area contributed by atoms with Crippen molar-refractivity contribution in [2.24, 2.45) is 0 Å². The molecule has 112 valence electrons. The molecule has 0 saturated heterocycles. The van der Waals surface area contributed by atoms with Crippen molar-refractivity contribution in [2.75, 3.05) is 12.4 Å². The van der Waals surface area contributed by atoms with Crippen molar-refractivity contribution in [2.45, 2.75) is 6.92 Å². The van der Waals surface area contributed by atoms with E-state index in [1.165, 1.54) is 0 Å². The minimum Gasteiger partial charge on any atom is -0.497 e. The van der Waals surface area contributed by atoms with E-state index >= 15 is 0 Å². The average molecular weight is 300 g/mol. The molecule has 1 aromatic carbocycles. The van der Waals surface area contributed by atoms with Gasteiger partial charge in [0.05, 0.1) is 7.11 Å². The van der Waals surface area contributed by atoms with E-state index in [2.05, 4.69) is 20.7 Å². The lowest BCUT2D eigenvalue weighted by Crippen LogP contribution is -2.12. The standard InChI is InChI=1S/C14H12N4O4/c1-8-7-11(18-22-8)15-12(19)14-17-16-13(21-14)9-3-5-10(20-2)6-4-9/h3-7H,1-2H3,(H,15,18,19). The van der Waals surface area contributed by atoms with Gasteiger partial charge < -0.3 is 13.7 Å². The SMILES string of the molecule is COc1ccc(-c2nnc(C(=O)Nc3cc(C)on3)o2)cc1. The Kier molecular flexibility index (Phi) is 3.57. The molecule has 8 heteroatoms. The van der Waals surface area contributed by atoms with Crippen LogP contribution in [0.3, 0.4) is 0 Å². The van der Waals surface area contributed by atoms with Crippen LogP contribution < -0.4 is 10.1 Å². The highest BCUT2D eigenvalue weighted by Gasteiger charge is 2.17. The number of nitrogens with zero attached hydrogens (tertiary/aromatic N) is 3. The molecule has 0 aliphatic carbocycles. The maximum Gasteiger partial charge on any atom is 0.314 e. The number of benzene rings is 1. The van der Waals surface area contributed by atoms with Crippen molar-refractivity contribution >= 4 is 11.7 Å². The summed E-state index contributed by atoms with van der Waals surface area (Å²) in [7, 11) is 1.58. The molecule has 0 radical (unpaired) electrons. The molecule has 0 aliphatic heterocycles. The Morgan fingerprint density at radius 1 is 1.23 bits per heavy atom. The number of hydrogen-bond acceptors (Lipinski definition) is 7. The number of aromatic nitrogens is 3. The van der Waals surface area contributed by atoms with Gasteiger partial charge in [0.25, 0.3) is 0 Å². The number of methoxy groups -OCH3 is 1. The van der Waals surface area contributed by atoms with Gasteiger partial charge in [-0.15, -0.1) is 10.2 Å². The van der Waals surface area contributed by atoms with Gasteiger partial charge in [0.1, 0.15) is 11.5 Å². The van der Waals surface area contributed by atoms with Gasteiger partial charge in [0.15, 0.2) is 5.82 Å². The average Bonchev–Trinajstić information content (AvgIpc) is 3.17. The molecule has 8 nitrogen and oxygen atoms in total. The number of aryl methyl sites for hydroxylation is 1. The van der Waals surface area contributed by atoms with Crippen molar-refractivity contribution < 1.29 is 18.5 Å². The van der Waals surface area contributed by atoms with Crippen molar-refractivity contribution in [3.63, 3.8) is 0 Å². The third-order valence-electron chi connectivity index (χ3n) is 2.83. The Morgan fingerprint density at radius 2 is 2.00 bits per heavy atom. The first-order valence-electron chi connectivity index (χ1n) is 6.38. The van der Waals surface area contributed by atoms with Crippen LogP contribution in [0.1, 0.15) is 16.4 Å². The second kappa shape index (κ2) is 5.68. The number of hydrogen-bond donors (Lipinski definition) is 1. The first-order valence-corrected chi connectivity index (χ1v) is 6.38. The van der Waals surface area contributed by atoms with Crippen LogP contribution in [0.5, 0.6) is 5.75 Å². The van der Waals surface area contributed by atoms with Crippen molar-refractivity contribution in [1.29, 1.82) is 0 Å². The Morgan fingerprint density at radius 3 is 2.64 bits per heavy atom. The molecular formula is C14H12N4O4. The molecule has 1 N–H and O–H groups in total. The summed E-state index contributed by atoms with van der Waals surface area (Å²) in [5.74, 6) is 1.10. The van der Waals surface area contributed by atoms with E-state index in [4.69, 9.17) is 13.7 Å². The Hall–Kier alpha value is -3.16. The maximum absolute atomic E-state index is 12.0. The van der Waals surface area contributed by atoms with Gasteiger partial charge in [-0.25, -0.2) is 0 Å². The molecule has 2 aromatic heterocycles. The summed E-state index contributed by atoms with van der Waals surface area (Å²) in [6.45, 7) is 1.72. The molecule has 3 aromatic rings. The molecule has 1 amide bonds. The van der Waals surface area contributed by atoms with E-state index in [0.717, 1.165) is 0 Å². The first-order chi connectivity index (χ1) is 10.7. The molecule has 0 atom stereocenters. The van der Waals surface area contributed by atoms with Crippen LogP contribution in [-0.2, 0) is 0 Å². The molecule has 3 rings (SSSR count). The van der Waals surface area contributed by atoms with Crippen LogP contribution in [-0.4, -0.2) is 28.4 Å². The molecule has 0 spiro atoms. The normalized spacial score (nSPS) is 10.5. The lowest BCUT2D eigenvalue weighted by Gasteiger charge is -1.99. The number of anilines is 1. The lowest BCUT2D eigenvalue weighted by molar-refractivity contribution is 0.0990. The van der Waals surface area contributed by atoms with E-state index in [1.807, 2.05) is 0 Å². The van der Waals surface area contributed by atoms with Gasteiger partial charge in [-0.2, -0.15) is 0 Å². The van der Waals surface area contributed by atoms with Gasteiger partial charge in [-0.05, 0) is 31.2 Å². The number of amides is 1. The van der Waals surface area contributed by atoms with E-state index in [0.29, 0.717) is 17.1 Å². The summed E-state index contributed by atoms with van der Waals surface area (Å²) in [5, 5.41) is 13.7. The molecule has 0 saturated carbocycles. The molecular weight excluding hydrogens is 288 g/mol.